The summed E-state index contributed by atoms with van der Waals surface area (Å²) in [5, 5.41) is 34.1. The van der Waals surface area contributed by atoms with Gasteiger partial charge in [0, 0.05) is 0 Å². The molecule has 0 saturated carbocycles. The van der Waals surface area contributed by atoms with Crippen molar-refractivity contribution in [3.63, 3.8) is 0 Å². The molecule has 0 bridgehead atoms. The van der Waals surface area contributed by atoms with E-state index in [1.54, 1.807) is 0 Å². The van der Waals surface area contributed by atoms with Gasteiger partial charge in [-0.2, -0.15) is 0 Å². The minimum absolute atomic E-state index is 0.827. The molecule has 0 aliphatic carbocycles. The van der Waals surface area contributed by atoms with Gasteiger partial charge < -0.3 is 25.2 Å². The second-order valence-corrected chi connectivity index (χ2v) is 2.37. The van der Waals surface area contributed by atoms with E-state index in [-0.39, 0.29) is 0 Å². The Balaban J connectivity index is 3.66. The maximum atomic E-state index is 8.52. The van der Waals surface area contributed by atoms with Crippen LogP contribution in [0.15, 0.2) is 0 Å². The van der Waals surface area contributed by atoms with Gasteiger partial charge in [0.2, 0.25) is 0 Å². The fourth-order valence-corrected chi connectivity index (χ4v) is 0.479. The Kier molecular flexibility index (Phi) is 4.55. The molecule has 0 saturated heterocycles. The van der Waals surface area contributed by atoms with Gasteiger partial charge in [0.05, 0.1) is 0 Å². The van der Waals surface area contributed by atoms with E-state index in [2.05, 4.69) is 0 Å². The molecule has 0 aliphatic rings. The molecular weight excluding hydrogens is 152 g/mol. The van der Waals surface area contributed by atoms with Gasteiger partial charge in [-0.1, -0.05) is 0 Å². The predicted octanol–water partition coefficient (Wildman–Crippen LogP) is -1.60. The summed E-state index contributed by atoms with van der Waals surface area (Å²) in [5.41, 5.74) is 0. The Morgan fingerprint density at radius 1 is 0.818 bits per heavy atom. The van der Waals surface area contributed by atoms with Gasteiger partial charge in [-0.25, -0.2) is 0 Å². The molecule has 0 aromatic carbocycles. The summed E-state index contributed by atoms with van der Waals surface area (Å²) in [6.07, 6.45) is -4.86. The first kappa shape index (κ1) is 10.8. The van der Waals surface area contributed by atoms with Crippen LogP contribution in [0, 0.1) is 0 Å². The molecule has 4 N–H and O–H groups in total. The third kappa shape index (κ3) is 4.28. The minimum Gasteiger partial charge on any atom is -0.366 e. The zero-order chi connectivity index (χ0) is 9.02. The number of rotatable bonds is 4. The van der Waals surface area contributed by atoms with Gasteiger partial charge in [-0.3, -0.25) is 0 Å². The van der Waals surface area contributed by atoms with E-state index in [0.717, 1.165) is 0 Å². The van der Waals surface area contributed by atoms with E-state index in [1.165, 1.54) is 13.8 Å². The molecule has 0 aliphatic heterocycles. The minimum atomic E-state index is -1.60. The first-order valence-corrected chi connectivity index (χ1v) is 3.33. The summed E-state index contributed by atoms with van der Waals surface area (Å²) >= 11 is 0. The van der Waals surface area contributed by atoms with Gasteiger partial charge in [-0.15, -0.1) is 0 Å². The summed E-state index contributed by atoms with van der Waals surface area (Å²) in [7, 11) is 0. The van der Waals surface area contributed by atoms with Crippen molar-refractivity contribution in [1.82, 2.24) is 0 Å². The highest BCUT2D eigenvalue weighted by Gasteiger charge is 2.18. The van der Waals surface area contributed by atoms with Crippen LogP contribution in [0.25, 0.3) is 0 Å². The van der Waals surface area contributed by atoms with Gasteiger partial charge in [-0.05, 0) is 13.8 Å². The summed E-state index contributed by atoms with van der Waals surface area (Å²) < 4.78 is 4.77. The molecule has 5 nitrogen and oxygen atoms in total. The van der Waals surface area contributed by atoms with Gasteiger partial charge >= 0.3 is 0 Å². The molecule has 11 heavy (non-hydrogen) atoms. The van der Waals surface area contributed by atoms with Crippen LogP contribution in [-0.2, 0) is 4.74 Å². The molecule has 0 aromatic rings. The van der Waals surface area contributed by atoms with E-state index in [0.29, 0.717) is 0 Å². The van der Waals surface area contributed by atoms with Crippen LogP contribution in [0.2, 0.25) is 0 Å². The third-order valence-electron chi connectivity index (χ3n) is 1.27. The lowest BCUT2D eigenvalue weighted by Gasteiger charge is -2.21. The molecule has 0 rings (SSSR count). The zero-order valence-electron chi connectivity index (χ0n) is 6.51. The molecular formula is C6H14O5. The topological polar surface area (TPSA) is 90.2 Å². The summed E-state index contributed by atoms with van der Waals surface area (Å²) in [6.45, 7) is 2.84. The fourth-order valence-electron chi connectivity index (χ4n) is 0.479. The molecule has 5 heteroatoms. The van der Waals surface area contributed by atoms with Crippen molar-refractivity contribution in [2.24, 2.45) is 0 Å². The summed E-state index contributed by atoms with van der Waals surface area (Å²) in [6, 6.07) is 0. The fraction of sp³-hybridized carbons (Fsp3) is 1.00. The number of hydrogen-bond donors (Lipinski definition) is 4. The van der Waals surface area contributed by atoms with Crippen LogP contribution in [0.4, 0.5) is 0 Å². The highest BCUT2D eigenvalue weighted by molar-refractivity contribution is 4.57. The molecule has 0 aromatic heterocycles. The monoisotopic (exact) mass is 166 g/mol. The maximum Gasteiger partial charge on any atom is 0.178 e. The second-order valence-electron chi connectivity index (χ2n) is 2.37. The number of aliphatic hydroxyl groups is 4. The van der Waals surface area contributed by atoms with E-state index >= 15 is 0 Å². The molecule has 2 atom stereocenters. The van der Waals surface area contributed by atoms with Crippen LogP contribution >= 0.6 is 0 Å². The van der Waals surface area contributed by atoms with Crippen LogP contribution in [0.3, 0.4) is 0 Å². The van der Waals surface area contributed by atoms with Crippen molar-refractivity contribution < 1.29 is 25.2 Å². The van der Waals surface area contributed by atoms with Crippen LogP contribution in [-0.4, -0.2) is 45.2 Å². The first-order valence-electron chi connectivity index (χ1n) is 3.33. The molecule has 0 radical (unpaired) electrons. The van der Waals surface area contributed by atoms with Crippen molar-refractivity contribution in [1.29, 1.82) is 0 Å². The second kappa shape index (κ2) is 4.63. The van der Waals surface area contributed by atoms with Crippen LogP contribution in [0.5, 0.6) is 0 Å². The van der Waals surface area contributed by atoms with Crippen molar-refractivity contribution in [2.75, 3.05) is 0 Å². The standard InChI is InChI=1S/C6H14O5/c1-3(5(7)8)11-4(2)6(9)10/h3-10H,1-2H3. The van der Waals surface area contributed by atoms with E-state index in [9.17, 15) is 0 Å². The zero-order valence-corrected chi connectivity index (χ0v) is 6.51. The predicted molar refractivity (Wildman–Crippen MR) is 36.5 cm³/mol. The number of ether oxygens (including phenoxy) is 1. The first-order chi connectivity index (χ1) is 4.95. The van der Waals surface area contributed by atoms with Gasteiger partial charge in [0.25, 0.3) is 0 Å². The Hall–Kier alpha value is -0.200. The van der Waals surface area contributed by atoms with Crippen molar-refractivity contribution >= 4 is 0 Å². The lowest BCUT2D eigenvalue weighted by molar-refractivity contribution is -0.202. The van der Waals surface area contributed by atoms with E-state index < -0.39 is 24.8 Å². The van der Waals surface area contributed by atoms with Crippen molar-refractivity contribution in [3.8, 4) is 0 Å². The highest BCUT2D eigenvalue weighted by Crippen LogP contribution is 2.03. The smallest absolute Gasteiger partial charge is 0.178 e. The maximum absolute atomic E-state index is 8.52. The van der Waals surface area contributed by atoms with Gasteiger partial charge in [0.1, 0.15) is 12.2 Å². The summed E-state index contributed by atoms with van der Waals surface area (Å²) in [5.74, 6) is 0. The number of hydrogen-bond acceptors (Lipinski definition) is 5. The molecule has 0 heterocycles. The van der Waals surface area contributed by atoms with Crippen molar-refractivity contribution in [2.45, 2.75) is 38.6 Å². The lowest BCUT2D eigenvalue weighted by atomic mass is 10.3. The van der Waals surface area contributed by atoms with E-state index in [1.807, 2.05) is 0 Å². The van der Waals surface area contributed by atoms with Crippen molar-refractivity contribution in [3.05, 3.63) is 0 Å². The normalized spacial score (nSPS) is 17.5. The highest BCUT2D eigenvalue weighted by atomic mass is 16.6. The molecule has 2 unspecified atom stereocenters. The largest absolute Gasteiger partial charge is 0.366 e. The lowest BCUT2D eigenvalue weighted by Crippen LogP contribution is -2.34. The quantitative estimate of drug-likeness (QED) is 0.378. The Bertz CT molecular complexity index is 91.1. The average molecular weight is 166 g/mol. The Labute approximate surface area is 64.9 Å². The van der Waals surface area contributed by atoms with Gasteiger partial charge in [0.15, 0.2) is 12.6 Å². The third-order valence-corrected chi connectivity index (χ3v) is 1.27. The van der Waals surface area contributed by atoms with Crippen LogP contribution in [0.1, 0.15) is 13.8 Å². The molecule has 0 amide bonds. The Morgan fingerprint density at radius 3 is 1.27 bits per heavy atom. The SMILES string of the molecule is CC(OC(C)C(O)O)C(O)O. The van der Waals surface area contributed by atoms with E-state index in [4.69, 9.17) is 25.2 Å². The Morgan fingerprint density at radius 2 is 1.09 bits per heavy atom. The molecule has 0 spiro atoms. The average Bonchev–Trinajstić information content (AvgIpc) is 1.87. The molecule has 0 fully saturated rings. The summed E-state index contributed by atoms with van der Waals surface area (Å²) in [4.78, 5) is 0. The van der Waals surface area contributed by atoms with Crippen LogP contribution < -0.4 is 0 Å². The number of aliphatic hydroxyl groups excluding tert-OH is 2. The molecule has 68 valence electrons.